The monoisotopic (exact) mass is 375 g/mol. The van der Waals surface area contributed by atoms with Gasteiger partial charge in [0, 0.05) is 52.5 Å². The minimum Gasteiger partial charge on any atom is -0.497 e. The molecule has 1 atom stereocenters. The first-order chi connectivity index (χ1) is 12.9. The van der Waals surface area contributed by atoms with E-state index in [9.17, 15) is 14.4 Å². The number of carbonyl (C=O) groups excluding carboxylic acids is 3. The smallest absolute Gasteiger partial charge is 0.224 e. The quantitative estimate of drug-likeness (QED) is 0.781. The molecule has 2 rings (SSSR count). The summed E-state index contributed by atoms with van der Waals surface area (Å²) in [5, 5.41) is 2.83. The summed E-state index contributed by atoms with van der Waals surface area (Å²) in [6, 6.07) is 7.69. The summed E-state index contributed by atoms with van der Waals surface area (Å²) in [5.41, 5.74) is 1.07. The molecule has 1 N–H and O–H groups in total. The van der Waals surface area contributed by atoms with Gasteiger partial charge in [-0.15, -0.1) is 0 Å². The van der Waals surface area contributed by atoms with E-state index in [1.807, 2.05) is 31.2 Å². The topological polar surface area (TPSA) is 79.0 Å². The van der Waals surface area contributed by atoms with Gasteiger partial charge in [0.15, 0.2) is 0 Å². The van der Waals surface area contributed by atoms with Gasteiger partial charge in [0.25, 0.3) is 0 Å². The fraction of sp³-hybridized carbons (Fsp3) is 0.550. The van der Waals surface area contributed by atoms with Crippen molar-refractivity contribution < 1.29 is 19.1 Å². The van der Waals surface area contributed by atoms with E-state index in [0.717, 1.165) is 11.3 Å². The number of nitrogens with zero attached hydrogens (tertiary/aromatic N) is 2. The average Bonchev–Trinajstić information content (AvgIpc) is 2.67. The Kier molecular flexibility index (Phi) is 7.64. The summed E-state index contributed by atoms with van der Waals surface area (Å²) in [6.07, 6.45) is 0.653. The lowest BCUT2D eigenvalue weighted by molar-refractivity contribution is -0.138. The molecule has 148 valence electrons. The standard InChI is InChI=1S/C20H29N3O4/c1-15(17-4-6-18(27-3)7-5-17)14-19(25)21-9-8-20(26)23-12-10-22(11-13-23)16(2)24/h4-7,15H,8-14H2,1-3H3,(H,21,25). The third kappa shape index (κ3) is 6.27. The number of methoxy groups -OCH3 is 1. The van der Waals surface area contributed by atoms with Gasteiger partial charge >= 0.3 is 0 Å². The molecule has 27 heavy (non-hydrogen) atoms. The summed E-state index contributed by atoms with van der Waals surface area (Å²) in [5.74, 6) is 0.874. The highest BCUT2D eigenvalue weighted by molar-refractivity contribution is 5.80. The van der Waals surface area contributed by atoms with Gasteiger partial charge in [-0.3, -0.25) is 14.4 Å². The molecule has 1 aromatic rings. The van der Waals surface area contributed by atoms with Gasteiger partial charge < -0.3 is 19.9 Å². The number of ether oxygens (including phenoxy) is 1. The van der Waals surface area contributed by atoms with Gasteiger partial charge in [0.05, 0.1) is 7.11 Å². The van der Waals surface area contributed by atoms with Crippen LogP contribution in [0.1, 0.15) is 38.2 Å². The van der Waals surface area contributed by atoms with Crippen molar-refractivity contribution in [2.24, 2.45) is 0 Å². The van der Waals surface area contributed by atoms with E-state index < -0.39 is 0 Å². The van der Waals surface area contributed by atoms with E-state index >= 15 is 0 Å². The molecule has 0 aliphatic carbocycles. The SMILES string of the molecule is COc1ccc(C(C)CC(=O)NCCC(=O)N2CCN(C(C)=O)CC2)cc1. The maximum absolute atomic E-state index is 12.2. The number of piperazine rings is 1. The van der Waals surface area contributed by atoms with E-state index in [4.69, 9.17) is 4.74 Å². The second-order valence-corrected chi connectivity index (χ2v) is 6.87. The predicted molar refractivity (Wildman–Crippen MR) is 102 cm³/mol. The lowest BCUT2D eigenvalue weighted by atomic mass is 9.97. The maximum atomic E-state index is 12.2. The second-order valence-electron chi connectivity index (χ2n) is 6.87. The number of carbonyl (C=O) groups is 3. The molecular formula is C20H29N3O4. The van der Waals surface area contributed by atoms with Crippen molar-refractivity contribution in [3.8, 4) is 5.75 Å². The molecule has 0 bridgehead atoms. The second kappa shape index (κ2) is 9.94. The first-order valence-corrected chi connectivity index (χ1v) is 9.34. The Bertz CT molecular complexity index is 652. The van der Waals surface area contributed by atoms with Crippen LogP contribution in [0.2, 0.25) is 0 Å². The predicted octanol–water partition coefficient (Wildman–Crippen LogP) is 1.39. The van der Waals surface area contributed by atoms with Crippen LogP contribution in [0, 0.1) is 0 Å². The summed E-state index contributed by atoms with van der Waals surface area (Å²) in [6.45, 7) is 6.14. The summed E-state index contributed by atoms with van der Waals surface area (Å²) < 4.78 is 5.14. The van der Waals surface area contributed by atoms with Gasteiger partial charge in [-0.05, 0) is 23.6 Å². The van der Waals surface area contributed by atoms with Crippen molar-refractivity contribution in [3.05, 3.63) is 29.8 Å². The Balaban J connectivity index is 1.68. The molecule has 1 aliphatic heterocycles. The fourth-order valence-electron chi connectivity index (χ4n) is 3.14. The van der Waals surface area contributed by atoms with Crippen LogP contribution in [-0.4, -0.2) is 67.4 Å². The molecular weight excluding hydrogens is 346 g/mol. The minimum absolute atomic E-state index is 0.0155. The third-order valence-electron chi connectivity index (χ3n) is 4.92. The van der Waals surface area contributed by atoms with Crippen LogP contribution in [0.25, 0.3) is 0 Å². The van der Waals surface area contributed by atoms with Gasteiger partial charge in [0.1, 0.15) is 5.75 Å². The Labute approximate surface area is 160 Å². The first-order valence-electron chi connectivity index (χ1n) is 9.34. The van der Waals surface area contributed by atoms with Crippen LogP contribution in [0.4, 0.5) is 0 Å². The molecule has 0 radical (unpaired) electrons. The van der Waals surface area contributed by atoms with E-state index in [1.54, 1.807) is 23.8 Å². The van der Waals surface area contributed by atoms with Crippen LogP contribution >= 0.6 is 0 Å². The van der Waals surface area contributed by atoms with Crippen molar-refractivity contribution in [2.75, 3.05) is 39.8 Å². The van der Waals surface area contributed by atoms with E-state index in [0.29, 0.717) is 39.1 Å². The number of nitrogens with one attached hydrogen (secondary N) is 1. The summed E-state index contributed by atoms with van der Waals surface area (Å²) in [4.78, 5) is 39.2. The van der Waals surface area contributed by atoms with E-state index in [2.05, 4.69) is 5.32 Å². The van der Waals surface area contributed by atoms with Crippen LogP contribution in [0.3, 0.4) is 0 Å². The molecule has 0 aromatic heterocycles. The number of hydrogen-bond acceptors (Lipinski definition) is 4. The Morgan fingerprint density at radius 3 is 2.22 bits per heavy atom. The highest BCUT2D eigenvalue weighted by atomic mass is 16.5. The lowest BCUT2D eigenvalue weighted by Gasteiger charge is -2.34. The van der Waals surface area contributed by atoms with Crippen molar-refractivity contribution in [1.29, 1.82) is 0 Å². The molecule has 7 heteroatoms. The number of amides is 3. The van der Waals surface area contributed by atoms with E-state index in [-0.39, 0.29) is 30.1 Å². The van der Waals surface area contributed by atoms with Gasteiger partial charge in [-0.25, -0.2) is 0 Å². The maximum Gasteiger partial charge on any atom is 0.224 e. The number of benzene rings is 1. The number of hydrogen-bond donors (Lipinski definition) is 1. The van der Waals surface area contributed by atoms with E-state index in [1.165, 1.54) is 0 Å². The Hall–Kier alpha value is -2.57. The summed E-state index contributed by atoms with van der Waals surface area (Å²) in [7, 11) is 1.62. The largest absolute Gasteiger partial charge is 0.497 e. The zero-order chi connectivity index (χ0) is 19.8. The lowest BCUT2D eigenvalue weighted by Crippen LogP contribution is -2.50. The van der Waals surface area contributed by atoms with Crippen LogP contribution in [0.15, 0.2) is 24.3 Å². The van der Waals surface area contributed by atoms with Gasteiger partial charge in [-0.1, -0.05) is 19.1 Å². The Morgan fingerprint density at radius 2 is 1.67 bits per heavy atom. The van der Waals surface area contributed by atoms with Crippen LogP contribution in [-0.2, 0) is 14.4 Å². The normalized spacial score (nSPS) is 15.2. The number of rotatable bonds is 7. The molecule has 1 unspecified atom stereocenters. The molecule has 0 saturated carbocycles. The molecule has 7 nitrogen and oxygen atoms in total. The highest BCUT2D eigenvalue weighted by Crippen LogP contribution is 2.21. The molecule has 3 amide bonds. The molecule has 0 spiro atoms. The Morgan fingerprint density at radius 1 is 1.07 bits per heavy atom. The van der Waals surface area contributed by atoms with Crippen molar-refractivity contribution in [3.63, 3.8) is 0 Å². The molecule has 1 aromatic carbocycles. The van der Waals surface area contributed by atoms with Crippen molar-refractivity contribution in [1.82, 2.24) is 15.1 Å². The summed E-state index contributed by atoms with van der Waals surface area (Å²) >= 11 is 0. The van der Waals surface area contributed by atoms with Gasteiger partial charge in [-0.2, -0.15) is 0 Å². The minimum atomic E-state index is -0.0625. The molecule has 1 heterocycles. The zero-order valence-electron chi connectivity index (χ0n) is 16.4. The molecule has 1 aliphatic rings. The zero-order valence-corrected chi connectivity index (χ0v) is 16.4. The van der Waals surface area contributed by atoms with Crippen molar-refractivity contribution >= 4 is 17.7 Å². The molecule has 1 saturated heterocycles. The van der Waals surface area contributed by atoms with Crippen LogP contribution in [0.5, 0.6) is 5.75 Å². The average molecular weight is 375 g/mol. The third-order valence-corrected chi connectivity index (χ3v) is 4.92. The van der Waals surface area contributed by atoms with Crippen LogP contribution < -0.4 is 10.1 Å². The first kappa shape index (κ1) is 20.7. The van der Waals surface area contributed by atoms with Gasteiger partial charge in [0.2, 0.25) is 17.7 Å². The molecule has 1 fully saturated rings. The highest BCUT2D eigenvalue weighted by Gasteiger charge is 2.22. The fourth-order valence-corrected chi connectivity index (χ4v) is 3.14. The van der Waals surface area contributed by atoms with Crippen molar-refractivity contribution in [2.45, 2.75) is 32.6 Å².